The van der Waals surface area contributed by atoms with Gasteiger partial charge in [-0.05, 0) is 61.7 Å². The summed E-state index contributed by atoms with van der Waals surface area (Å²) in [4.78, 5) is 0. The third kappa shape index (κ3) is 2.67. The van der Waals surface area contributed by atoms with Gasteiger partial charge in [0.2, 0.25) is 0 Å². The van der Waals surface area contributed by atoms with Crippen molar-refractivity contribution in [1.29, 1.82) is 0 Å². The number of rotatable bonds is 2. The predicted octanol–water partition coefficient (Wildman–Crippen LogP) is 7.13. The Balaban J connectivity index is 2.02. The van der Waals surface area contributed by atoms with Gasteiger partial charge in [0.15, 0.2) is 0 Å². The van der Waals surface area contributed by atoms with Crippen LogP contribution >= 0.6 is 47.8 Å². The Morgan fingerprint density at radius 2 is 1.48 bits per heavy atom. The lowest BCUT2D eigenvalue weighted by atomic mass is 10.2. The first-order valence-electron chi connectivity index (χ1n) is 7.24. The highest BCUT2D eigenvalue weighted by molar-refractivity contribution is 9.13. The Morgan fingerprint density at radius 3 is 2.26 bits per heavy atom. The second kappa shape index (κ2) is 6.08. The number of hydrogen-bond donors (Lipinski definition) is 0. The van der Waals surface area contributed by atoms with Gasteiger partial charge in [-0.3, -0.25) is 0 Å². The molecule has 0 atom stereocenters. The Kier molecular flexibility index (Phi) is 4.08. The lowest BCUT2D eigenvalue weighted by Crippen LogP contribution is -1.99. The van der Waals surface area contributed by atoms with E-state index in [0.29, 0.717) is 0 Å². The molecule has 0 saturated heterocycles. The van der Waals surface area contributed by atoms with Gasteiger partial charge in [0.25, 0.3) is 0 Å². The molecule has 0 amide bonds. The van der Waals surface area contributed by atoms with Crippen LogP contribution in [0.4, 0.5) is 0 Å². The van der Waals surface area contributed by atoms with Crippen LogP contribution in [0.15, 0.2) is 74.1 Å². The second-order valence-corrected chi connectivity index (χ2v) is 8.05. The standard InChI is InChI=1S/C19H12Br3N/c20-13-7-5-12(6-8-13)11-23-17-4-2-1-3-14(17)15-9-10-16(21)18(22)19(15)23/h1-10H,11H2. The Morgan fingerprint density at radius 1 is 0.739 bits per heavy atom. The first-order chi connectivity index (χ1) is 11.1. The molecule has 1 nitrogen and oxygen atoms in total. The van der Waals surface area contributed by atoms with Crippen LogP contribution in [0.5, 0.6) is 0 Å². The molecule has 0 bridgehead atoms. The molecule has 0 spiro atoms. The van der Waals surface area contributed by atoms with E-state index in [1.165, 1.54) is 27.4 Å². The maximum atomic E-state index is 3.76. The molecule has 1 aromatic heterocycles. The Bertz CT molecular complexity index is 1020. The van der Waals surface area contributed by atoms with Gasteiger partial charge in [0, 0.05) is 31.8 Å². The van der Waals surface area contributed by atoms with Gasteiger partial charge in [-0.25, -0.2) is 0 Å². The van der Waals surface area contributed by atoms with Crippen molar-refractivity contribution in [1.82, 2.24) is 4.57 Å². The zero-order valence-electron chi connectivity index (χ0n) is 12.1. The predicted molar refractivity (Wildman–Crippen MR) is 108 cm³/mol. The highest BCUT2D eigenvalue weighted by atomic mass is 79.9. The number of hydrogen-bond acceptors (Lipinski definition) is 0. The van der Waals surface area contributed by atoms with Crippen LogP contribution in [0.2, 0.25) is 0 Å². The number of nitrogens with zero attached hydrogens (tertiary/aromatic N) is 1. The fourth-order valence-electron chi connectivity index (χ4n) is 3.02. The van der Waals surface area contributed by atoms with Gasteiger partial charge in [0.05, 0.1) is 9.99 Å². The lowest BCUT2D eigenvalue weighted by molar-refractivity contribution is 0.867. The van der Waals surface area contributed by atoms with Gasteiger partial charge in [-0.2, -0.15) is 0 Å². The van der Waals surface area contributed by atoms with Crippen molar-refractivity contribution in [3.63, 3.8) is 0 Å². The van der Waals surface area contributed by atoms with E-state index >= 15 is 0 Å². The van der Waals surface area contributed by atoms with Gasteiger partial charge in [-0.1, -0.05) is 52.3 Å². The smallest absolute Gasteiger partial charge is 0.0650 e. The van der Waals surface area contributed by atoms with E-state index in [1.54, 1.807) is 0 Å². The molecule has 0 fully saturated rings. The molecular formula is C19H12Br3N. The van der Waals surface area contributed by atoms with Crippen LogP contribution in [0, 0.1) is 0 Å². The van der Waals surface area contributed by atoms with E-state index in [-0.39, 0.29) is 0 Å². The Hall–Kier alpha value is -1.10. The monoisotopic (exact) mass is 491 g/mol. The molecule has 4 rings (SSSR count). The summed E-state index contributed by atoms with van der Waals surface area (Å²) in [7, 11) is 0. The van der Waals surface area contributed by atoms with Crippen molar-refractivity contribution in [2.45, 2.75) is 6.54 Å². The number of fused-ring (bicyclic) bond motifs is 3. The fraction of sp³-hybridized carbons (Fsp3) is 0.0526. The van der Waals surface area contributed by atoms with Crippen LogP contribution in [0.3, 0.4) is 0 Å². The van der Waals surface area contributed by atoms with Crippen molar-refractivity contribution in [2.75, 3.05) is 0 Å². The molecule has 0 saturated carbocycles. The number of halogens is 3. The van der Waals surface area contributed by atoms with Crippen LogP contribution < -0.4 is 0 Å². The normalized spacial score (nSPS) is 11.4. The summed E-state index contributed by atoms with van der Waals surface area (Å²) < 4.78 is 5.66. The van der Waals surface area contributed by atoms with E-state index in [9.17, 15) is 0 Å². The van der Waals surface area contributed by atoms with E-state index in [4.69, 9.17) is 0 Å². The number of para-hydroxylation sites is 1. The van der Waals surface area contributed by atoms with Crippen LogP contribution in [-0.4, -0.2) is 4.57 Å². The molecule has 3 aromatic carbocycles. The average molecular weight is 494 g/mol. The van der Waals surface area contributed by atoms with Gasteiger partial charge in [0.1, 0.15) is 0 Å². The molecule has 0 N–H and O–H groups in total. The fourth-order valence-corrected chi connectivity index (χ4v) is 4.16. The molecule has 0 aliphatic carbocycles. The maximum Gasteiger partial charge on any atom is 0.0650 e. The maximum absolute atomic E-state index is 3.76. The minimum Gasteiger partial charge on any atom is -0.335 e. The second-order valence-electron chi connectivity index (χ2n) is 5.49. The quantitative estimate of drug-likeness (QED) is 0.280. The van der Waals surface area contributed by atoms with Gasteiger partial charge >= 0.3 is 0 Å². The van der Waals surface area contributed by atoms with Crippen LogP contribution in [0.25, 0.3) is 21.8 Å². The molecule has 0 aliphatic heterocycles. The van der Waals surface area contributed by atoms with Crippen molar-refractivity contribution in [3.05, 3.63) is 79.6 Å². The SMILES string of the molecule is Brc1ccc(Cn2c3ccccc3c3ccc(Br)c(Br)c32)cc1. The summed E-state index contributed by atoms with van der Waals surface area (Å²) in [5.74, 6) is 0. The van der Waals surface area contributed by atoms with Crippen LogP contribution in [0.1, 0.15) is 5.56 Å². The summed E-state index contributed by atoms with van der Waals surface area (Å²) >= 11 is 10.9. The third-order valence-corrected chi connectivity index (χ3v) is 6.60. The van der Waals surface area contributed by atoms with Crippen molar-refractivity contribution in [2.24, 2.45) is 0 Å². The molecule has 0 radical (unpaired) electrons. The Labute approximate surface area is 159 Å². The highest BCUT2D eigenvalue weighted by Crippen LogP contribution is 2.38. The first kappa shape index (κ1) is 15.4. The first-order valence-corrected chi connectivity index (χ1v) is 9.62. The summed E-state index contributed by atoms with van der Waals surface area (Å²) in [6, 6.07) is 21.4. The number of benzene rings is 3. The molecule has 4 heteroatoms. The van der Waals surface area contributed by atoms with E-state index in [2.05, 4.69) is 113 Å². The zero-order valence-corrected chi connectivity index (χ0v) is 16.8. The van der Waals surface area contributed by atoms with Crippen molar-refractivity contribution >= 4 is 69.6 Å². The van der Waals surface area contributed by atoms with Crippen molar-refractivity contribution < 1.29 is 0 Å². The number of aromatic nitrogens is 1. The molecule has 23 heavy (non-hydrogen) atoms. The summed E-state index contributed by atoms with van der Waals surface area (Å²) in [5, 5.41) is 2.56. The molecule has 4 aromatic rings. The zero-order chi connectivity index (χ0) is 16.0. The molecule has 1 heterocycles. The minimum atomic E-state index is 0.840. The summed E-state index contributed by atoms with van der Waals surface area (Å²) in [6.45, 7) is 0.840. The van der Waals surface area contributed by atoms with E-state index < -0.39 is 0 Å². The molecular weight excluding hydrogens is 482 g/mol. The topological polar surface area (TPSA) is 4.93 Å². The van der Waals surface area contributed by atoms with E-state index in [0.717, 1.165) is 20.0 Å². The largest absolute Gasteiger partial charge is 0.335 e. The molecule has 0 aliphatic rings. The van der Waals surface area contributed by atoms with Gasteiger partial charge < -0.3 is 4.57 Å². The highest BCUT2D eigenvalue weighted by Gasteiger charge is 2.14. The molecule has 114 valence electrons. The third-order valence-electron chi connectivity index (χ3n) is 4.08. The van der Waals surface area contributed by atoms with Gasteiger partial charge in [-0.15, -0.1) is 0 Å². The molecule has 0 unspecified atom stereocenters. The lowest BCUT2D eigenvalue weighted by Gasteiger charge is -2.10. The average Bonchev–Trinajstić information content (AvgIpc) is 2.88. The van der Waals surface area contributed by atoms with Crippen LogP contribution in [-0.2, 0) is 6.54 Å². The van der Waals surface area contributed by atoms with E-state index in [1.807, 2.05) is 0 Å². The summed E-state index contributed by atoms with van der Waals surface area (Å²) in [6.07, 6.45) is 0. The van der Waals surface area contributed by atoms with Crippen molar-refractivity contribution in [3.8, 4) is 0 Å². The summed E-state index contributed by atoms with van der Waals surface area (Å²) in [5.41, 5.74) is 3.76. The minimum absolute atomic E-state index is 0.840.